The van der Waals surface area contributed by atoms with Crippen LogP contribution in [0.15, 0.2) is 23.8 Å². The van der Waals surface area contributed by atoms with Crippen molar-refractivity contribution in [1.29, 1.82) is 0 Å². The highest BCUT2D eigenvalue weighted by Gasteiger charge is 2.70. The van der Waals surface area contributed by atoms with Gasteiger partial charge in [-0.15, -0.1) is 0 Å². The minimum Gasteiger partial charge on any atom is -0.468 e. The first-order valence-electron chi connectivity index (χ1n) is 7.55. The second-order valence-electron chi connectivity index (χ2n) is 6.40. The molecule has 0 radical (unpaired) electrons. The number of fused-ring (bicyclic) bond motifs is 2. The Morgan fingerprint density at radius 1 is 1.18 bits per heavy atom. The van der Waals surface area contributed by atoms with E-state index in [-0.39, 0.29) is 5.78 Å². The molecule has 0 N–H and O–H groups in total. The van der Waals surface area contributed by atoms with Gasteiger partial charge in [0.05, 0.1) is 19.6 Å². The normalized spacial score (nSPS) is 32.1. The van der Waals surface area contributed by atoms with Crippen LogP contribution in [-0.4, -0.2) is 31.9 Å². The third kappa shape index (κ3) is 1.51. The van der Waals surface area contributed by atoms with Crippen molar-refractivity contribution in [3.63, 3.8) is 0 Å². The molecule has 0 aromatic carbocycles. The Balaban J connectivity index is 2.20. The Bertz CT molecular complexity index is 599. The van der Waals surface area contributed by atoms with Crippen LogP contribution in [-0.2, 0) is 23.9 Å². The van der Waals surface area contributed by atoms with Crippen LogP contribution in [0, 0.1) is 16.7 Å². The molecule has 0 aromatic heterocycles. The lowest BCUT2D eigenvalue weighted by molar-refractivity contribution is -0.174. The summed E-state index contributed by atoms with van der Waals surface area (Å²) in [6.45, 7) is 4.08. The number of rotatable bonds is 2. The molecular formula is C17H20O5. The summed E-state index contributed by atoms with van der Waals surface area (Å²) >= 11 is 0. The van der Waals surface area contributed by atoms with Gasteiger partial charge >= 0.3 is 11.9 Å². The average molecular weight is 304 g/mol. The van der Waals surface area contributed by atoms with Gasteiger partial charge in [-0.05, 0) is 38.2 Å². The largest absolute Gasteiger partial charge is 0.468 e. The Morgan fingerprint density at radius 3 is 2.32 bits per heavy atom. The minimum absolute atomic E-state index is 0.0214. The standard InChI is InChI=1S/C17H20O5/c1-10-5-4-7-16(10)12(18)9-11-6-8-17(13(11)16,14(19)21-2)15(20)22-3/h9,13H,1,4-8H2,2-3H3/t13?,16-/m1/s1. The molecule has 1 unspecified atom stereocenters. The van der Waals surface area contributed by atoms with Crippen molar-refractivity contribution < 1.29 is 23.9 Å². The molecule has 5 heteroatoms. The number of ether oxygens (including phenoxy) is 2. The quantitative estimate of drug-likeness (QED) is 0.443. The third-order valence-electron chi connectivity index (χ3n) is 5.70. The molecular weight excluding hydrogens is 284 g/mol. The number of hydrogen-bond donors (Lipinski definition) is 0. The summed E-state index contributed by atoms with van der Waals surface area (Å²) in [6, 6.07) is 0. The van der Waals surface area contributed by atoms with Crippen molar-refractivity contribution in [3.05, 3.63) is 23.8 Å². The van der Waals surface area contributed by atoms with Gasteiger partial charge < -0.3 is 9.47 Å². The number of methoxy groups -OCH3 is 2. The van der Waals surface area contributed by atoms with E-state index in [0.717, 1.165) is 24.0 Å². The molecule has 3 aliphatic carbocycles. The molecule has 22 heavy (non-hydrogen) atoms. The molecule has 118 valence electrons. The van der Waals surface area contributed by atoms with E-state index in [1.54, 1.807) is 6.08 Å². The number of carbonyl (C=O) groups is 3. The average Bonchev–Trinajstić information content (AvgIpc) is 3.15. The first-order valence-corrected chi connectivity index (χ1v) is 7.55. The van der Waals surface area contributed by atoms with Gasteiger partial charge in [0.15, 0.2) is 11.2 Å². The van der Waals surface area contributed by atoms with Crippen LogP contribution in [0.25, 0.3) is 0 Å². The Kier molecular flexibility index (Phi) is 3.27. The monoisotopic (exact) mass is 304 g/mol. The molecule has 0 aromatic rings. The van der Waals surface area contributed by atoms with Crippen LogP contribution in [0.4, 0.5) is 0 Å². The topological polar surface area (TPSA) is 69.7 Å². The fourth-order valence-corrected chi connectivity index (χ4v) is 4.79. The summed E-state index contributed by atoms with van der Waals surface area (Å²) in [5, 5.41) is 0. The highest BCUT2D eigenvalue weighted by Crippen LogP contribution is 2.65. The van der Waals surface area contributed by atoms with Gasteiger partial charge in [-0.25, -0.2) is 0 Å². The number of esters is 2. The zero-order chi connectivity index (χ0) is 16.1. The van der Waals surface area contributed by atoms with E-state index in [2.05, 4.69) is 6.58 Å². The highest BCUT2D eigenvalue weighted by molar-refractivity contribution is 6.08. The van der Waals surface area contributed by atoms with Gasteiger partial charge in [0.1, 0.15) is 0 Å². The van der Waals surface area contributed by atoms with Crippen LogP contribution in [0.3, 0.4) is 0 Å². The second-order valence-corrected chi connectivity index (χ2v) is 6.40. The zero-order valence-electron chi connectivity index (χ0n) is 12.9. The van der Waals surface area contributed by atoms with Crippen molar-refractivity contribution in [1.82, 2.24) is 0 Å². The van der Waals surface area contributed by atoms with Crippen LogP contribution in [0.1, 0.15) is 32.1 Å². The van der Waals surface area contributed by atoms with E-state index in [4.69, 9.17) is 9.47 Å². The van der Waals surface area contributed by atoms with Crippen molar-refractivity contribution in [2.75, 3.05) is 14.2 Å². The summed E-state index contributed by atoms with van der Waals surface area (Å²) < 4.78 is 9.87. The maximum absolute atomic E-state index is 12.7. The molecule has 0 heterocycles. The van der Waals surface area contributed by atoms with Gasteiger partial charge in [0, 0.05) is 5.92 Å². The van der Waals surface area contributed by atoms with E-state index in [9.17, 15) is 14.4 Å². The van der Waals surface area contributed by atoms with Crippen molar-refractivity contribution in [2.24, 2.45) is 16.7 Å². The predicted octanol–water partition coefficient (Wildman–Crippen LogP) is 1.96. The molecule has 0 saturated heterocycles. The summed E-state index contributed by atoms with van der Waals surface area (Å²) in [7, 11) is 2.53. The first-order chi connectivity index (χ1) is 10.4. The van der Waals surface area contributed by atoms with Gasteiger partial charge in [0.25, 0.3) is 0 Å². The zero-order valence-corrected chi connectivity index (χ0v) is 12.9. The van der Waals surface area contributed by atoms with Gasteiger partial charge in [0.2, 0.25) is 0 Å². The number of ketones is 1. The molecule has 3 rings (SSSR count). The lowest BCUT2D eigenvalue weighted by Crippen LogP contribution is -2.51. The van der Waals surface area contributed by atoms with Crippen LogP contribution >= 0.6 is 0 Å². The van der Waals surface area contributed by atoms with Gasteiger partial charge in [-0.3, -0.25) is 14.4 Å². The number of carbonyl (C=O) groups excluding carboxylic acids is 3. The summed E-state index contributed by atoms with van der Waals surface area (Å²) in [6.07, 6.45) is 4.71. The smallest absolute Gasteiger partial charge is 0.323 e. The molecule has 2 saturated carbocycles. The second kappa shape index (κ2) is 4.80. The first kappa shape index (κ1) is 15.0. The highest BCUT2D eigenvalue weighted by atomic mass is 16.5. The van der Waals surface area contributed by atoms with Crippen LogP contribution in [0.5, 0.6) is 0 Å². The van der Waals surface area contributed by atoms with E-state index in [1.165, 1.54) is 14.2 Å². The lowest BCUT2D eigenvalue weighted by atomic mass is 9.61. The van der Waals surface area contributed by atoms with Gasteiger partial charge in [-0.1, -0.05) is 17.7 Å². The van der Waals surface area contributed by atoms with E-state index < -0.39 is 28.7 Å². The van der Waals surface area contributed by atoms with Crippen molar-refractivity contribution in [3.8, 4) is 0 Å². The SMILES string of the molecule is C=C1CCC[C@]12C(=O)C=C1CCC(C(=O)OC)(C(=O)OC)C12. The molecule has 2 fully saturated rings. The maximum Gasteiger partial charge on any atom is 0.323 e. The predicted molar refractivity (Wildman–Crippen MR) is 77.7 cm³/mol. The van der Waals surface area contributed by atoms with E-state index >= 15 is 0 Å². The molecule has 3 aliphatic rings. The summed E-state index contributed by atoms with van der Waals surface area (Å²) in [5.41, 5.74) is -0.556. The van der Waals surface area contributed by atoms with Crippen LogP contribution < -0.4 is 0 Å². The van der Waals surface area contributed by atoms with E-state index in [0.29, 0.717) is 19.3 Å². The summed E-state index contributed by atoms with van der Waals surface area (Å²) in [5.74, 6) is -1.74. The summed E-state index contributed by atoms with van der Waals surface area (Å²) in [4.78, 5) is 37.8. The Hall–Kier alpha value is -1.91. The number of allylic oxidation sites excluding steroid dienone is 3. The van der Waals surface area contributed by atoms with E-state index in [1.807, 2.05) is 0 Å². The molecule has 1 spiro atoms. The third-order valence-corrected chi connectivity index (χ3v) is 5.70. The van der Waals surface area contributed by atoms with Crippen LogP contribution in [0.2, 0.25) is 0 Å². The minimum atomic E-state index is -1.42. The Morgan fingerprint density at radius 2 is 1.82 bits per heavy atom. The fraction of sp³-hybridized carbons (Fsp3) is 0.588. The van der Waals surface area contributed by atoms with Crippen molar-refractivity contribution in [2.45, 2.75) is 32.1 Å². The molecule has 0 aliphatic heterocycles. The Labute approximate surface area is 129 Å². The molecule has 0 bridgehead atoms. The molecule has 0 amide bonds. The van der Waals surface area contributed by atoms with Gasteiger partial charge in [-0.2, -0.15) is 0 Å². The fourth-order valence-electron chi connectivity index (χ4n) is 4.79. The maximum atomic E-state index is 12.7. The molecule has 2 atom stereocenters. The van der Waals surface area contributed by atoms with Crippen molar-refractivity contribution >= 4 is 17.7 Å². The number of hydrogen-bond acceptors (Lipinski definition) is 5. The lowest BCUT2D eigenvalue weighted by Gasteiger charge is -2.39. The molecule has 5 nitrogen and oxygen atoms in total.